The van der Waals surface area contributed by atoms with E-state index in [4.69, 9.17) is 12.6 Å². The number of benzene rings is 3. The van der Waals surface area contributed by atoms with Crippen LogP contribution in [0.15, 0.2) is 89.5 Å². The molecule has 0 saturated heterocycles. The number of hydrogen-bond acceptors (Lipinski definition) is 3. The van der Waals surface area contributed by atoms with E-state index in [1.807, 2.05) is 60.7 Å². The van der Waals surface area contributed by atoms with Crippen molar-refractivity contribution in [1.82, 2.24) is 9.97 Å². The summed E-state index contributed by atoms with van der Waals surface area (Å²) in [6.07, 6.45) is 1.40. The van der Waals surface area contributed by atoms with Gasteiger partial charge in [0.05, 0.1) is 5.69 Å². The normalized spacial score (nSPS) is 15.2. The summed E-state index contributed by atoms with van der Waals surface area (Å²) in [5, 5.41) is 3.53. The summed E-state index contributed by atoms with van der Waals surface area (Å²) < 4.78 is 53.3. The molecule has 0 spiro atoms. The van der Waals surface area contributed by atoms with E-state index >= 15 is 0 Å². The van der Waals surface area contributed by atoms with Crippen LogP contribution in [0.2, 0.25) is 0 Å². The Kier molecular flexibility index (Phi) is 2.77. The van der Waals surface area contributed by atoms with E-state index in [0.717, 1.165) is 21.7 Å². The third-order valence-electron chi connectivity index (χ3n) is 5.60. The van der Waals surface area contributed by atoms with Gasteiger partial charge >= 0.3 is 0 Å². The highest BCUT2D eigenvalue weighted by atomic mass is 16.3. The molecule has 0 unspecified atom stereocenters. The number of para-hydroxylation sites is 1. The number of furan rings is 1. The minimum atomic E-state index is -2.35. The molecule has 0 saturated carbocycles. The van der Waals surface area contributed by atoms with E-state index in [-0.39, 0.29) is 17.0 Å². The largest absolute Gasteiger partial charge is 0.437 e. The van der Waals surface area contributed by atoms with Crippen molar-refractivity contribution in [3.63, 3.8) is 0 Å². The van der Waals surface area contributed by atoms with Crippen molar-refractivity contribution in [2.24, 2.45) is 0 Å². The standard InChI is InChI=1S/C28H20N2O/c1-17-16-29-26(15-25(17)21-12-11-19-6-3-4-7-20(19)14-21)24-9-5-8-22-23-13-10-18(2)30-28(23)31-27(22)24/h3-16H,1-2H3/i1D3,2D3. The molecule has 148 valence electrons. The smallest absolute Gasteiger partial charge is 0.227 e. The molecule has 0 radical (unpaired) electrons. The van der Waals surface area contributed by atoms with Crippen LogP contribution in [-0.4, -0.2) is 9.97 Å². The van der Waals surface area contributed by atoms with E-state index in [0.29, 0.717) is 27.8 Å². The van der Waals surface area contributed by atoms with E-state index in [1.165, 1.54) is 12.3 Å². The zero-order chi connectivity index (χ0) is 25.9. The molecule has 3 nitrogen and oxygen atoms in total. The molecule has 3 aromatic heterocycles. The lowest BCUT2D eigenvalue weighted by molar-refractivity contribution is 0.653. The van der Waals surface area contributed by atoms with Crippen molar-refractivity contribution in [2.45, 2.75) is 13.7 Å². The summed E-state index contributed by atoms with van der Waals surface area (Å²) in [4.78, 5) is 8.75. The number of fused-ring (bicyclic) bond motifs is 4. The van der Waals surface area contributed by atoms with Crippen LogP contribution in [-0.2, 0) is 0 Å². The molecule has 6 aromatic rings. The number of rotatable bonds is 2. The van der Waals surface area contributed by atoms with Crippen LogP contribution >= 0.6 is 0 Å². The highest BCUT2D eigenvalue weighted by molar-refractivity contribution is 6.08. The molecule has 3 heterocycles. The van der Waals surface area contributed by atoms with Gasteiger partial charge in [0.15, 0.2) is 0 Å². The second kappa shape index (κ2) is 6.78. The SMILES string of the molecule is [2H]C([2H])([2H])c1ccc2c(n1)oc1c(-c3cc(-c4ccc5ccccc5c4)c(C([2H])([2H])[2H])cn3)cccc12. The van der Waals surface area contributed by atoms with Crippen LogP contribution in [0.3, 0.4) is 0 Å². The fraction of sp³-hybridized carbons (Fsp3) is 0.0714. The third-order valence-corrected chi connectivity index (χ3v) is 5.60. The summed E-state index contributed by atoms with van der Waals surface area (Å²) in [5.41, 5.74) is 3.38. The molecule has 0 atom stereocenters. The van der Waals surface area contributed by atoms with Gasteiger partial charge in [0.25, 0.3) is 0 Å². The molecule has 3 heteroatoms. The molecule has 0 aliphatic carbocycles. The fourth-order valence-electron chi connectivity index (χ4n) is 4.08. The van der Waals surface area contributed by atoms with Crippen molar-refractivity contribution >= 4 is 32.8 Å². The van der Waals surface area contributed by atoms with Crippen LogP contribution in [0, 0.1) is 13.7 Å². The summed E-state index contributed by atoms with van der Waals surface area (Å²) in [7, 11) is 0. The molecule has 31 heavy (non-hydrogen) atoms. The van der Waals surface area contributed by atoms with Crippen LogP contribution in [0.4, 0.5) is 0 Å². The van der Waals surface area contributed by atoms with Crippen molar-refractivity contribution in [3.8, 4) is 22.4 Å². The Balaban J connectivity index is 1.57. The lowest BCUT2D eigenvalue weighted by atomic mass is 9.97. The number of nitrogens with zero attached hydrogens (tertiary/aromatic N) is 2. The number of pyridine rings is 2. The van der Waals surface area contributed by atoms with E-state index in [2.05, 4.69) is 9.97 Å². The zero-order valence-electron chi connectivity index (χ0n) is 22.4. The second-order valence-electron chi connectivity index (χ2n) is 7.51. The van der Waals surface area contributed by atoms with Crippen LogP contribution < -0.4 is 0 Å². The van der Waals surface area contributed by atoms with Gasteiger partial charge in [-0.2, -0.15) is 0 Å². The van der Waals surface area contributed by atoms with Gasteiger partial charge in [-0.1, -0.05) is 48.5 Å². The van der Waals surface area contributed by atoms with Gasteiger partial charge < -0.3 is 4.42 Å². The van der Waals surface area contributed by atoms with E-state index in [9.17, 15) is 0 Å². The minimum Gasteiger partial charge on any atom is -0.437 e. The predicted molar refractivity (Wildman–Crippen MR) is 127 cm³/mol. The summed E-state index contributed by atoms with van der Waals surface area (Å²) in [5.74, 6) is 0. The topological polar surface area (TPSA) is 38.9 Å². The van der Waals surface area contributed by atoms with Crippen LogP contribution in [0.1, 0.15) is 19.5 Å². The lowest BCUT2D eigenvalue weighted by Gasteiger charge is -2.10. The van der Waals surface area contributed by atoms with Gasteiger partial charge in [0.1, 0.15) is 5.58 Å². The quantitative estimate of drug-likeness (QED) is 0.299. The molecule has 0 bridgehead atoms. The highest BCUT2D eigenvalue weighted by Gasteiger charge is 2.15. The third kappa shape index (κ3) is 2.89. The van der Waals surface area contributed by atoms with Crippen LogP contribution in [0.25, 0.3) is 55.2 Å². The average molecular weight is 407 g/mol. The van der Waals surface area contributed by atoms with Crippen molar-refractivity contribution in [2.75, 3.05) is 0 Å². The van der Waals surface area contributed by atoms with Gasteiger partial charge in [0.2, 0.25) is 5.71 Å². The molecule has 0 aliphatic heterocycles. The molecule has 0 N–H and O–H groups in total. The molecule has 0 fully saturated rings. The first-order chi connectivity index (χ1) is 17.6. The minimum absolute atomic E-state index is 0.0423. The monoisotopic (exact) mass is 406 g/mol. The summed E-state index contributed by atoms with van der Waals surface area (Å²) in [6, 6.07) is 24.3. The van der Waals surface area contributed by atoms with Crippen molar-refractivity contribution < 1.29 is 12.6 Å². The maximum Gasteiger partial charge on any atom is 0.227 e. The Morgan fingerprint density at radius 2 is 1.71 bits per heavy atom. The Morgan fingerprint density at radius 3 is 2.61 bits per heavy atom. The fourth-order valence-corrected chi connectivity index (χ4v) is 4.08. The maximum atomic E-state index is 8.10. The van der Waals surface area contributed by atoms with Gasteiger partial charge in [-0.05, 0) is 71.5 Å². The first-order valence-corrected chi connectivity index (χ1v) is 9.92. The second-order valence-corrected chi connectivity index (χ2v) is 7.51. The van der Waals surface area contributed by atoms with Gasteiger partial charge in [-0.15, -0.1) is 0 Å². The summed E-state index contributed by atoms with van der Waals surface area (Å²) in [6.45, 7) is -4.70. The van der Waals surface area contributed by atoms with E-state index < -0.39 is 13.7 Å². The molecule has 3 aromatic carbocycles. The Hall–Kier alpha value is -3.98. The van der Waals surface area contributed by atoms with Gasteiger partial charge in [0, 0.05) is 36.5 Å². The Bertz CT molecular complexity index is 1820. The van der Waals surface area contributed by atoms with Crippen LogP contribution in [0.5, 0.6) is 0 Å². The van der Waals surface area contributed by atoms with Gasteiger partial charge in [-0.3, -0.25) is 4.98 Å². The van der Waals surface area contributed by atoms with Crippen molar-refractivity contribution in [3.05, 3.63) is 96.3 Å². The zero-order valence-corrected chi connectivity index (χ0v) is 16.4. The van der Waals surface area contributed by atoms with E-state index in [1.54, 1.807) is 12.1 Å². The molecular weight excluding hydrogens is 380 g/mol. The summed E-state index contributed by atoms with van der Waals surface area (Å²) >= 11 is 0. The molecular formula is C28H20N2O. The first-order valence-electron chi connectivity index (χ1n) is 12.9. The first kappa shape index (κ1) is 12.7. The maximum absolute atomic E-state index is 8.10. The predicted octanol–water partition coefficient (Wildman–Crippen LogP) is 7.48. The number of aryl methyl sites for hydroxylation is 2. The molecule has 6 rings (SSSR count). The lowest BCUT2D eigenvalue weighted by Crippen LogP contribution is -1.90. The average Bonchev–Trinajstić information content (AvgIpc) is 3.25. The van der Waals surface area contributed by atoms with Gasteiger partial charge in [-0.25, -0.2) is 4.98 Å². The number of aromatic nitrogens is 2. The molecule has 0 aliphatic rings. The Labute approximate surface area is 188 Å². The highest BCUT2D eigenvalue weighted by Crippen LogP contribution is 2.36. The molecule has 0 amide bonds. The number of hydrogen-bond donors (Lipinski definition) is 0. The Morgan fingerprint density at radius 1 is 0.774 bits per heavy atom. The van der Waals surface area contributed by atoms with Crippen molar-refractivity contribution in [1.29, 1.82) is 0 Å².